The lowest BCUT2D eigenvalue weighted by molar-refractivity contribution is -0.128. The van der Waals surface area contributed by atoms with Crippen molar-refractivity contribution in [3.63, 3.8) is 0 Å². The molecule has 1 aliphatic rings. The zero-order valence-corrected chi connectivity index (χ0v) is 15.4. The molecule has 1 aromatic rings. The van der Waals surface area contributed by atoms with Crippen molar-refractivity contribution in [2.24, 2.45) is 0 Å². The summed E-state index contributed by atoms with van der Waals surface area (Å²) in [5.74, 6) is -0.268. The number of piperidine rings is 1. The maximum atomic E-state index is 13.1. The van der Waals surface area contributed by atoms with E-state index in [2.05, 4.69) is 5.32 Å². The second kappa shape index (κ2) is 8.62. The Morgan fingerprint density at radius 1 is 1.40 bits per heavy atom. The van der Waals surface area contributed by atoms with Crippen LogP contribution in [0.15, 0.2) is 24.3 Å². The lowest BCUT2D eigenvalue weighted by atomic mass is 10.1. The highest BCUT2D eigenvalue weighted by Gasteiger charge is 2.29. The Morgan fingerprint density at radius 2 is 2.08 bits per heavy atom. The molecular formula is C17H25FN2O4S. The Labute approximate surface area is 148 Å². The first kappa shape index (κ1) is 19.7. The van der Waals surface area contributed by atoms with E-state index in [-0.39, 0.29) is 17.7 Å². The Balaban J connectivity index is 1.82. The summed E-state index contributed by atoms with van der Waals surface area (Å²) < 4.78 is 44.2. The molecule has 1 atom stereocenters. The Kier molecular flexibility index (Phi) is 6.78. The third-order valence-corrected chi connectivity index (χ3v) is 6.21. The van der Waals surface area contributed by atoms with Gasteiger partial charge in [0, 0.05) is 25.2 Å². The molecule has 1 fully saturated rings. The fourth-order valence-electron chi connectivity index (χ4n) is 2.78. The summed E-state index contributed by atoms with van der Waals surface area (Å²) in [6, 6.07) is 5.55. The van der Waals surface area contributed by atoms with Crippen LogP contribution >= 0.6 is 0 Å². The van der Waals surface area contributed by atoms with Gasteiger partial charge < -0.3 is 10.1 Å². The smallest absolute Gasteiger partial charge is 0.260 e. The molecule has 0 radical (unpaired) electrons. The third kappa shape index (κ3) is 5.67. The zero-order chi connectivity index (χ0) is 18.4. The summed E-state index contributed by atoms with van der Waals surface area (Å²) in [7, 11) is -3.19. The number of ether oxygens (including phenoxy) is 1. The van der Waals surface area contributed by atoms with Crippen LogP contribution in [0, 0.1) is 5.82 Å². The predicted molar refractivity (Wildman–Crippen MR) is 93.3 cm³/mol. The van der Waals surface area contributed by atoms with Gasteiger partial charge in [-0.05, 0) is 38.3 Å². The summed E-state index contributed by atoms with van der Waals surface area (Å²) in [6.45, 7) is 4.25. The van der Waals surface area contributed by atoms with Crippen LogP contribution in [0.5, 0.6) is 5.75 Å². The van der Waals surface area contributed by atoms with Crippen molar-refractivity contribution in [1.29, 1.82) is 0 Å². The van der Waals surface area contributed by atoms with Gasteiger partial charge in [0.05, 0.1) is 5.75 Å². The molecule has 1 aromatic carbocycles. The molecule has 1 unspecified atom stereocenters. The van der Waals surface area contributed by atoms with Gasteiger partial charge in [0.15, 0.2) is 6.10 Å². The molecule has 140 valence electrons. The largest absolute Gasteiger partial charge is 0.481 e. The van der Waals surface area contributed by atoms with Crippen molar-refractivity contribution >= 4 is 15.9 Å². The van der Waals surface area contributed by atoms with E-state index in [4.69, 9.17) is 4.74 Å². The molecule has 1 saturated heterocycles. The van der Waals surface area contributed by atoms with Gasteiger partial charge in [-0.1, -0.05) is 13.0 Å². The maximum Gasteiger partial charge on any atom is 0.260 e. The van der Waals surface area contributed by atoms with Crippen LogP contribution < -0.4 is 10.1 Å². The van der Waals surface area contributed by atoms with Crippen molar-refractivity contribution < 1.29 is 22.3 Å². The van der Waals surface area contributed by atoms with Gasteiger partial charge in [0.1, 0.15) is 11.6 Å². The molecule has 1 aliphatic heterocycles. The standard InChI is InChI=1S/C17H25FN2O4S/c1-3-11-25(22,23)20-9-7-15(8-10-20)19-17(21)13(2)24-16-6-4-5-14(18)12-16/h4-6,12-13,15H,3,7-11H2,1-2H3,(H,19,21). The third-order valence-electron chi connectivity index (χ3n) is 4.13. The fraction of sp³-hybridized carbons (Fsp3) is 0.588. The summed E-state index contributed by atoms with van der Waals surface area (Å²) >= 11 is 0. The molecule has 1 heterocycles. The predicted octanol–water partition coefficient (Wildman–Crippen LogP) is 1.91. The number of nitrogens with one attached hydrogen (secondary N) is 1. The molecule has 1 amide bonds. The van der Waals surface area contributed by atoms with E-state index in [1.54, 1.807) is 13.0 Å². The average Bonchev–Trinajstić information content (AvgIpc) is 2.55. The maximum absolute atomic E-state index is 13.1. The van der Waals surface area contributed by atoms with Crippen molar-refractivity contribution in [3.8, 4) is 5.75 Å². The van der Waals surface area contributed by atoms with E-state index >= 15 is 0 Å². The van der Waals surface area contributed by atoms with Crippen LogP contribution in [0.1, 0.15) is 33.1 Å². The minimum atomic E-state index is -3.19. The first-order valence-electron chi connectivity index (χ1n) is 8.52. The lowest BCUT2D eigenvalue weighted by Crippen LogP contribution is -2.49. The summed E-state index contributed by atoms with van der Waals surface area (Å²) in [5, 5.41) is 2.88. The van der Waals surface area contributed by atoms with E-state index in [1.807, 2.05) is 6.92 Å². The first-order chi connectivity index (χ1) is 11.8. The first-order valence-corrected chi connectivity index (χ1v) is 10.1. The highest BCUT2D eigenvalue weighted by Crippen LogP contribution is 2.17. The average molecular weight is 372 g/mol. The van der Waals surface area contributed by atoms with Gasteiger partial charge in [-0.25, -0.2) is 17.1 Å². The second-order valence-corrected chi connectivity index (χ2v) is 8.30. The van der Waals surface area contributed by atoms with E-state index in [0.717, 1.165) is 0 Å². The number of hydrogen-bond donors (Lipinski definition) is 1. The van der Waals surface area contributed by atoms with E-state index < -0.39 is 21.9 Å². The number of hydrogen-bond acceptors (Lipinski definition) is 4. The van der Waals surface area contributed by atoms with E-state index in [9.17, 15) is 17.6 Å². The number of benzene rings is 1. The lowest BCUT2D eigenvalue weighted by Gasteiger charge is -2.32. The van der Waals surface area contributed by atoms with Crippen molar-refractivity contribution in [1.82, 2.24) is 9.62 Å². The van der Waals surface area contributed by atoms with Gasteiger partial charge in [-0.3, -0.25) is 4.79 Å². The molecule has 25 heavy (non-hydrogen) atoms. The number of nitrogens with zero attached hydrogens (tertiary/aromatic N) is 1. The number of halogens is 1. The van der Waals surface area contributed by atoms with Crippen LogP contribution in [0.25, 0.3) is 0 Å². The summed E-state index contributed by atoms with van der Waals surface area (Å²) in [5.41, 5.74) is 0. The monoisotopic (exact) mass is 372 g/mol. The van der Waals surface area contributed by atoms with Gasteiger partial charge in [0.2, 0.25) is 10.0 Å². The Hall–Kier alpha value is -1.67. The number of amides is 1. The molecule has 0 aromatic heterocycles. The topological polar surface area (TPSA) is 75.7 Å². The molecule has 6 nitrogen and oxygen atoms in total. The van der Waals surface area contributed by atoms with Gasteiger partial charge in [-0.15, -0.1) is 0 Å². The van der Waals surface area contributed by atoms with Crippen LogP contribution in [0.2, 0.25) is 0 Å². The van der Waals surface area contributed by atoms with Gasteiger partial charge >= 0.3 is 0 Å². The number of carbonyl (C=O) groups is 1. The number of rotatable bonds is 7. The number of sulfonamides is 1. The van der Waals surface area contributed by atoms with E-state index in [0.29, 0.717) is 38.1 Å². The molecule has 0 aliphatic carbocycles. The van der Waals surface area contributed by atoms with E-state index in [1.165, 1.54) is 22.5 Å². The molecule has 8 heteroatoms. The quantitative estimate of drug-likeness (QED) is 0.793. The van der Waals surface area contributed by atoms with Crippen LogP contribution in [-0.2, 0) is 14.8 Å². The fourth-order valence-corrected chi connectivity index (χ4v) is 4.32. The van der Waals surface area contributed by atoms with Crippen LogP contribution in [0.3, 0.4) is 0 Å². The summed E-state index contributed by atoms with van der Waals surface area (Å²) in [6.07, 6.45) is 0.972. The highest BCUT2D eigenvalue weighted by molar-refractivity contribution is 7.89. The minimum Gasteiger partial charge on any atom is -0.481 e. The number of carbonyl (C=O) groups excluding carboxylic acids is 1. The van der Waals surface area contributed by atoms with Gasteiger partial charge in [-0.2, -0.15) is 0 Å². The SMILES string of the molecule is CCCS(=O)(=O)N1CCC(NC(=O)C(C)Oc2cccc(F)c2)CC1. The molecule has 0 bridgehead atoms. The van der Waals surface area contributed by atoms with Gasteiger partial charge in [0.25, 0.3) is 5.91 Å². The van der Waals surface area contributed by atoms with Crippen LogP contribution in [0.4, 0.5) is 4.39 Å². The molecule has 2 rings (SSSR count). The molecule has 1 N–H and O–H groups in total. The summed E-state index contributed by atoms with van der Waals surface area (Å²) in [4.78, 5) is 12.2. The van der Waals surface area contributed by atoms with Crippen molar-refractivity contribution in [2.75, 3.05) is 18.8 Å². The Morgan fingerprint density at radius 3 is 2.68 bits per heavy atom. The molecular weight excluding hydrogens is 347 g/mol. The normalized spacial score (nSPS) is 17.9. The second-order valence-electron chi connectivity index (χ2n) is 6.22. The minimum absolute atomic E-state index is 0.0841. The molecule has 0 saturated carbocycles. The Bertz CT molecular complexity index is 688. The zero-order valence-electron chi connectivity index (χ0n) is 14.6. The molecule has 0 spiro atoms. The van der Waals surface area contributed by atoms with Crippen molar-refractivity contribution in [2.45, 2.75) is 45.3 Å². The highest BCUT2D eigenvalue weighted by atomic mass is 32.2. The van der Waals surface area contributed by atoms with Crippen LogP contribution in [-0.4, -0.2) is 49.6 Å². The van der Waals surface area contributed by atoms with Crippen molar-refractivity contribution in [3.05, 3.63) is 30.1 Å².